The standard InChI is InChI=1S/C26H54B6N6/c1-27-33-30(25-19-11-5-12-20-25)38(31(34-27)26-21-13-6-14-22-26)32-35-28(23-15-7-3-8-16-23)37(2)29(36-32)24-17-9-4-10-18-24/h23-26,33-36H,3-22H2,1-2H3. The zero-order valence-corrected chi connectivity index (χ0v) is 24.8. The summed E-state index contributed by atoms with van der Waals surface area (Å²) in [6.07, 6.45) is 28.2. The van der Waals surface area contributed by atoms with Crippen LogP contribution in [0.1, 0.15) is 128 Å². The molecule has 2 aliphatic heterocycles. The van der Waals surface area contributed by atoms with Crippen LogP contribution in [-0.2, 0) is 0 Å². The van der Waals surface area contributed by atoms with Gasteiger partial charge in [0.2, 0.25) is 0 Å². The second kappa shape index (κ2) is 13.4. The summed E-state index contributed by atoms with van der Waals surface area (Å²) in [5.41, 5.74) is 0. The molecule has 0 aromatic rings. The van der Waals surface area contributed by atoms with Crippen LogP contribution in [0.15, 0.2) is 0 Å². The van der Waals surface area contributed by atoms with E-state index in [-0.39, 0.29) is 7.12 Å². The molecule has 6 rings (SSSR count). The minimum absolute atomic E-state index is 0.247. The van der Waals surface area contributed by atoms with E-state index in [4.69, 9.17) is 0 Å². The third kappa shape index (κ3) is 6.31. The Balaban J connectivity index is 1.32. The summed E-state index contributed by atoms with van der Waals surface area (Å²) in [5, 5.41) is 16.9. The van der Waals surface area contributed by atoms with E-state index in [1.54, 1.807) is 0 Å². The van der Waals surface area contributed by atoms with Gasteiger partial charge < -0.3 is 29.9 Å². The van der Waals surface area contributed by atoms with E-state index in [0.29, 0.717) is 34.9 Å². The van der Waals surface area contributed by atoms with Gasteiger partial charge in [-0.05, 0) is 30.3 Å². The van der Waals surface area contributed by atoms with E-state index in [2.05, 4.69) is 43.8 Å². The molecule has 0 aromatic carbocycles. The van der Waals surface area contributed by atoms with Gasteiger partial charge in [-0.3, -0.25) is 0 Å². The molecule has 6 fully saturated rings. The first kappa shape index (κ1) is 28.3. The van der Waals surface area contributed by atoms with Crippen molar-refractivity contribution in [2.45, 2.75) is 159 Å². The van der Waals surface area contributed by atoms with E-state index >= 15 is 0 Å². The first-order valence-electron chi connectivity index (χ1n) is 17.2. The summed E-state index contributed by atoms with van der Waals surface area (Å²) >= 11 is 0. The van der Waals surface area contributed by atoms with Crippen molar-refractivity contribution in [1.82, 2.24) is 29.9 Å². The van der Waals surface area contributed by atoms with Gasteiger partial charge in [0.15, 0.2) is 0 Å². The number of hydrogen-bond donors (Lipinski definition) is 4. The lowest BCUT2D eigenvalue weighted by Gasteiger charge is -2.55. The van der Waals surface area contributed by atoms with E-state index in [1.165, 1.54) is 128 Å². The highest BCUT2D eigenvalue weighted by Gasteiger charge is 2.55. The Kier molecular flexibility index (Phi) is 9.99. The van der Waals surface area contributed by atoms with Gasteiger partial charge in [0.1, 0.15) is 0 Å². The highest BCUT2D eigenvalue weighted by Crippen LogP contribution is 2.40. The number of nitrogens with zero attached hydrogens (tertiary/aromatic N) is 2. The average Bonchev–Trinajstić information content (AvgIpc) is 2.99. The summed E-state index contributed by atoms with van der Waals surface area (Å²) in [7, 11) is 2.69. The molecule has 6 nitrogen and oxygen atoms in total. The molecule has 0 amide bonds. The number of hydrogen-bond acceptors (Lipinski definition) is 6. The highest BCUT2D eigenvalue weighted by molar-refractivity contribution is 6.99. The maximum Gasteiger partial charge on any atom is 0.356 e. The van der Waals surface area contributed by atoms with Crippen molar-refractivity contribution in [2.24, 2.45) is 0 Å². The Morgan fingerprint density at radius 3 is 1.11 bits per heavy atom. The van der Waals surface area contributed by atoms with Gasteiger partial charge in [0.05, 0.1) is 0 Å². The molecular weight excluding hydrogens is 461 g/mol. The molecule has 4 saturated carbocycles. The minimum Gasteiger partial charge on any atom is -0.372 e. The molecule has 0 unspecified atom stereocenters. The highest BCUT2D eigenvalue weighted by atomic mass is 15.3. The van der Waals surface area contributed by atoms with Gasteiger partial charge in [0.25, 0.3) is 34.9 Å². The van der Waals surface area contributed by atoms with Crippen LogP contribution in [0.2, 0.25) is 30.1 Å². The maximum absolute atomic E-state index is 4.33. The molecule has 0 bridgehead atoms. The van der Waals surface area contributed by atoms with Crippen LogP contribution in [0.3, 0.4) is 0 Å². The molecule has 6 aliphatic rings. The van der Waals surface area contributed by atoms with Crippen molar-refractivity contribution >= 4 is 42.0 Å². The quantitative estimate of drug-likeness (QED) is 0.387. The Labute approximate surface area is 237 Å². The van der Waals surface area contributed by atoms with Crippen molar-refractivity contribution in [3.63, 3.8) is 0 Å². The topological polar surface area (TPSA) is 54.6 Å². The fourth-order valence-corrected chi connectivity index (χ4v) is 9.67. The monoisotopic (exact) mass is 516 g/mol. The first-order valence-corrected chi connectivity index (χ1v) is 17.2. The van der Waals surface area contributed by atoms with Gasteiger partial charge in [-0.1, -0.05) is 135 Å². The Morgan fingerprint density at radius 1 is 0.447 bits per heavy atom. The molecule has 4 N–H and O–H groups in total. The summed E-state index contributed by atoms with van der Waals surface area (Å²) in [6.45, 7) is 4.68. The molecule has 0 aromatic heterocycles. The molecule has 0 spiro atoms. The molecule has 0 radical (unpaired) electrons. The molecule has 2 saturated heterocycles. The molecule has 0 atom stereocenters. The van der Waals surface area contributed by atoms with Crippen LogP contribution in [-0.4, -0.2) is 58.4 Å². The first-order chi connectivity index (χ1) is 18.7. The molecule has 12 heteroatoms. The van der Waals surface area contributed by atoms with E-state index in [0.717, 1.165) is 23.3 Å². The van der Waals surface area contributed by atoms with Gasteiger partial charge >= 0.3 is 7.12 Å². The van der Waals surface area contributed by atoms with E-state index in [1.807, 2.05) is 0 Å². The predicted molar refractivity (Wildman–Crippen MR) is 170 cm³/mol. The Hall–Kier alpha value is 0.150. The zero-order chi connectivity index (χ0) is 25.9. The van der Waals surface area contributed by atoms with Gasteiger partial charge in [-0.2, -0.15) is 0 Å². The largest absolute Gasteiger partial charge is 0.372 e. The third-order valence-electron chi connectivity index (χ3n) is 11.7. The van der Waals surface area contributed by atoms with E-state index in [9.17, 15) is 0 Å². The number of nitrogens with one attached hydrogen (secondary N) is 4. The molecule has 2 heterocycles. The Morgan fingerprint density at radius 2 is 0.763 bits per heavy atom. The van der Waals surface area contributed by atoms with Crippen molar-refractivity contribution in [1.29, 1.82) is 0 Å². The van der Waals surface area contributed by atoms with Crippen LogP contribution >= 0.6 is 0 Å². The predicted octanol–water partition coefficient (Wildman–Crippen LogP) is 5.00. The normalized spacial score (nSPS) is 29.5. The van der Waals surface area contributed by atoms with Crippen LogP contribution in [0.25, 0.3) is 0 Å². The molecule has 206 valence electrons. The lowest BCUT2D eigenvalue weighted by Crippen LogP contribution is -2.88. The summed E-state index contributed by atoms with van der Waals surface area (Å²) < 4.78 is 5.71. The lowest BCUT2D eigenvalue weighted by atomic mass is 9.31. The molecular formula is C26H54B6N6. The second-order valence-electron chi connectivity index (χ2n) is 14.3. The maximum atomic E-state index is 4.33. The summed E-state index contributed by atoms with van der Waals surface area (Å²) in [4.78, 5) is 0. The van der Waals surface area contributed by atoms with Gasteiger partial charge in [-0.15, -0.1) is 0 Å². The SMILES string of the molecule is CB1NB(C2CCCCC2)N(B2NB(C3CCCCC3)N(C)B(C3CCCCC3)N2)B(C2CCCCC2)N1. The second-order valence-corrected chi connectivity index (χ2v) is 14.3. The smallest absolute Gasteiger partial charge is 0.356 e. The lowest BCUT2D eigenvalue weighted by molar-refractivity contribution is 0.457. The summed E-state index contributed by atoms with van der Waals surface area (Å²) in [5.74, 6) is 3.11. The zero-order valence-electron chi connectivity index (χ0n) is 24.8. The van der Waals surface area contributed by atoms with Crippen molar-refractivity contribution in [2.75, 3.05) is 7.05 Å². The van der Waals surface area contributed by atoms with E-state index < -0.39 is 0 Å². The van der Waals surface area contributed by atoms with Crippen LogP contribution in [0.4, 0.5) is 0 Å². The van der Waals surface area contributed by atoms with Crippen LogP contribution in [0, 0.1) is 0 Å². The van der Waals surface area contributed by atoms with Crippen molar-refractivity contribution < 1.29 is 0 Å². The van der Waals surface area contributed by atoms with Crippen molar-refractivity contribution in [3.8, 4) is 0 Å². The number of rotatable bonds is 5. The van der Waals surface area contributed by atoms with Gasteiger partial charge in [0, 0.05) is 0 Å². The molecule has 4 aliphatic carbocycles. The summed E-state index contributed by atoms with van der Waals surface area (Å²) in [6, 6.07) is 0. The fraction of sp³-hybridized carbons (Fsp3) is 1.00. The molecule has 38 heavy (non-hydrogen) atoms. The van der Waals surface area contributed by atoms with Crippen molar-refractivity contribution in [3.05, 3.63) is 0 Å². The Bertz CT molecular complexity index is 675. The van der Waals surface area contributed by atoms with Crippen LogP contribution < -0.4 is 20.6 Å². The minimum atomic E-state index is 0.247. The van der Waals surface area contributed by atoms with Crippen LogP contribution in [0.5, 0.6) is 0 Å². The fourth-order valence-electron chi connectivity index (χ4n) is 9.67. The van der Waals surface area contributed by atoms with Gasteiger partial charge in [-0.25, -0.2) is 0 Å². The average molecular weight is 516 g/mol. The third-order valence-corrected chi connectivity index (χ3v) is 11.7.